The van der Waals surface area contributed by atoms with Gasteiger partial charge in [0.1, 0.15) is 0 Å². The average Bonchev–Trinajstić information content (AvgIpc) is 2.63. The van der Waals surface area contributed by atoms with Gasteiger partial charge in [0.15, 0.2) is 0 Å². The highest BCUT2D eigenvalue weighted by atomic mass is 79.9. The van der Waals surface area contributed by atoms with E-state index < -0.39 is 0 Å². The minimum absolute atomic E-state index is 0.675. The molecule has 0 bridgehead atoms. The van der Waals surface area contributed by atoms with E-state index in [-0.39, 0.29) is 0 Å². The quantitative estimate of drug-likeness (QED) is 0.678. The van der Waals surface area contributed by atoms with Crippen LogP contribution < -0.4 is 0 Å². The van der Waals surface area contributed by atoms with Gasteiger partial charge in [-0.1, -0.05) is 13.3 Å². The van der Waals surface area contributed by atoms with Gasteiger partial charge in [0, 0.05) is 16.0 Å². The third-order valence-corrected chi connectivity index (χ3v) is 3.84. The van der Waals surface area contributed by atoms with E-state index in [2.05, 4.69) is 28.2 Å². The van der Waals surface area contributed by atoms with Gasteiger partial charge in [-0.2, -0.15) is 0 Å². The largest absolute Gasteiger partial charge is 0.379 e. The van der Waals surface area contributed by atoms with Crippen molar-refractivity contribution < 1.29 is 9.47 Å². The average molecular weight is 293 g/mol. The number of halogens is 1. The molecule has 0 saturated carbocycles. The first-order valence-corrected chi connectivity index (χ1v) is 6.89. The van der Waals surface area contributed by atoms with Crippen LogP contribution in [0.3, 0.4) is 0 Å². The van der Waals surface area contributed by atoms with Crippen LogP contribution in [-0.4, -0.2) is 19.8 Å². The summed E-state index contributed by atoms with van der Waals surface area (Å²) in [6.07, 6.45) is 2.32. The van der Waals surface area contributed by atoms with Crippen molar-refractivity contribution in [1.29, 1.82) is 0 Å². The van der Waals surface area contributed by atoms with Crippen LogP contribution in [0.2, 0.25) is 0 Å². The van der Waals surface area contributed by atoms with Crippen molar-refractivity contribution in [3.8, 4) is 0 Å². The van der Waals surface area contributed by atoms with Crippen LogP contribution in [0, 0.1) is 0 Å². The molecule has 0 spiro atoms. The fraction of sp³-hybridized carbons (Fsp3) is 0.636. The van der Waals surface area contributed by atoms with Gasteiger partial charge >= 0.3 is 0 Å². The minimum atomic E-state index is 0.675. The van der Waals surface area contributed by atoms with E-state index >= 15 is 0 Å². The molecule has 1 rings (SSSR count). The van der Waals surface area contributed by atoms with Gasteiger partial charge < -0.3 is 9.47 Å². The third-order valence-electron chi connectivity index (χ3n) is 1.94. The Morgan fingerprint density at radius 2 is 2.07 bits per heavy atom. The van der Waals surface area contributed by atoms with Gasteiger partial charge in [-0.15, -0.1) is 11.3 Å². The van der Waals surface area contributed by atoms with E-state index in [0.717, 1.165) is 17.5 Å². The van der Waals surface area contributed by atoms with Gasteiger partial charge in [0.25, 0.3) is 0 Å². The van der Waals surface area contributed by atoms with Crippen LogP contribution in [0.4, 0.5) is 0 Å². The van der Waals surface area contributed by atoms with Crippen molar-refractivity contribution >= 4 is 27.3 Å². The van der Waals surface area contributed by atoms with Crippen molar-refractivity contribution in [2.75, 3.05) is 19.8 Å². The molecule has 86 valence electrons. The van der Waals surface area contributed by atoms with E-state index in [1.807, 2.05) is 6.07 Å². The molecule has 0 amide bonds. The first kappa shape index (κ1) is 13.2. The predicted molar refractivity (Wildman–Crippen MR) is 67.4 cm³/mol. The number of ether oxygens (including phenoxy) is 2. The summed E-state index contributed by atoms with van der Waals surface area (Å²) in [7, 11) is 0. The van der Waals surface area contributed by atoms with Crippen molar-refractivity contribution in [3.63, 3.8) is 0 Å². The number of unbranched alkanes of at least 4 members (excludes halogenated alkanes) is 1. The Bertz CT molecular complexity index is 263. The van der Waals surface area contributed by atoms with E-state index in [9.17, 15) is 0 Å². The fourth-order valence-corrected chi connectivity index (χ4v) is 2.46. The molecule has 1 heterocycles. The Morgan fingerprint density at radius 1 is 1.27 bits per heavy atom. The molecule has 1 aromatic heterocycles. The number of thiophene rings is 1. The Balaban J connectivity index is 1.96. The van der Waals surface area contributed by atoms with Gasteiger partial charge in [-0.05, 0) is 33.8 Å². The maximum absolute atomic E-state index is 5.49. The molecule has 0 aliphatic heterocycles. The predicted octanol–water partition coefficient (Wildman–Crippen LogP) is 3.84. The Kier molecular flexibility index (Phi) is 7.26. The molecule has 0 unspecified atom stereocenters. The molecule has 0 fully saturated rings. The smallest absolute Gasteiger partial charge is 0.0821 e. The molecule has 0 atom stereocenters. The first-order valence-electron chi connectivity index (χ1n) is 5.22. The molecule has 0 aromatic carbocycles. The van der Waals surface area contributed by atoms with Gasteiger partial charge in [-0.25, -0.2) is 0 Å². The van der Waals surface area contributed by atoms with Crippen LogP contribution in [0.5, 0.6) is 0 Å². The Labute approximate surface area is 104 Å². The monoisotopic (exact) mass is 292 g/mol. The fourth-order valence-electron chi connectivity index (χ4n) is 1.06. The lowest BCUT2D eigenvalue weighted by Gasteiger charge is -2.04. The van der Waals surface area contributed by atoms with Gasteiger partial charge in [-0.3, -0.25) is 0 Å². The summed E-state index contributed by atoms with van der Waals surface area (Å²) in [6, 6.07) is 2.04. The summed E-state index contributed by atoms with van der Waals surface area (Å²) < 4.78 is 12.0. The zero-order chi connectivity index (χ0) is 10.9. The number of rotatable bonds is 8. The topological polar surface area (TPSA) is 18.5 Å². The third kappa shape index (κ3) is 5.66. The van der Waals surface area contributed by atoms with Crippen molar-refractivity contribution in [2.24, 2.45) is 0 Å². The number of hydrogen-bond donors (Lipinski definition) is 0. The summed E-state index contributed by atoms with van der Waals surface area (Å²) in [6.45, 7) is 5.06. The Hall–Kier alpha value is 0.100. The zero-order valence-electron chi connectivity index (χ0n) is 9.00. The molecule has 4 heteroatoms. The lowest BCUT2D eigenvalue weighted by molar-refractivity contribution is 0.0404. The molecule has 0 aliphatic rings. The summed E-state index contributed by atoms with van der Waals surface area (Å²) in [5.74, 6) is 0. The van der Waals surface area contributed by atoms with Crippen LogP contribution >= 0.6 is 27.3 Å². The number of hydrogen-bond acceptors (Lipinski definition) is 3. The standard InChI is InChI=1S/C11H17BrO2S/c1-2-3-5-13-6-7-14-9-11-10(12)4-8-15-11/h4,8H,2-3,5-7,9H2,1H3. The normalized spacial score (nSPS) is 10.8. The van der Waals surface area contributed by atoms with Gasteiger partial charge in [0.2, 0.25) is 0 Å². The molecule has 0 N–H and O–H groups in total. The van der Waals surface area contributed by atoms with Crippen molar-refractivity contribution in [1.82, 2.24) is 0 Å². The Morgan fingerprint density at radius 3 is 2.73 bits per heavy atom. The molecular formula is C11H17BrO2S. The van der Waals surface area contributed by atoms with Crippen LogP contribution in [-0.2, 0) is 16.1 Å². The highest BCUT2D eigenvalue weighted by molar-refractivity contribution is 9.10. The highest BCUT2D eigenvalue weighted by Gasteiger charge is 2.00. The summed E-state index contributed by atoms with van der Waals surface area (Å²) in [5.41, 5.74) is 0. The summed E-state index contributed by atoms with van der Waals surface area (Å²) in [5, 5.41) is 2.06. The molecule has 1 aromatic rings. The van der Waals surface area contributed by atoms with Crippen LogP contribution in [0.25, 0.3) is 0 Å². The molecule has 0 radical (unpaired) electrons. The second-order valence-electron chi connectivity index (χ2n) is 3.21. The molecule has 0 saturated heterocycles. The maximum atomic E-state index is 5.49. The summed E-state index contributed by atoms with van der Waals surface area (Å²) in [4.78, 5) is 1.24. The van der Waals surface area contributed by atoms with Crippen LogP contribution in [0.15, 0.2) is 15.9 Å². The lowest BCUT2D eigenvalue weighted by atomic mass is 10.4. The second-order valence-corrected chi connectivity index (χ2v) is 5.07. The van der Waals surface area contributed by atoms with E-state index in [1.165, 1.54) is 11.3 Å². The van der Waals surface area contributed by atoms with Gasteiger partial charge in [0.05, 0.1) is 19.8 Å². The van der Waals surface area contributed by atoms with Crippen LogP contribution in [0.1, 0.15) is 24.6 Å². The van der Waals surface area contributed by atoms with E-state index in [0.29, 0.717) is 19.8 Å². The molecular weight excluding hydrogens is 276 g/mol. The summed E-state index contributed by atoms with van der Waals surface area (Å²) >= 11 is 5.18. The molecule has 15 heavy (non-hydrogen) atoms. The van der Waals surface area contributed by atoms with Crippen molar-refractivity contribution in [3.05, 3.63) is 20.8 Å². The molecule has 2 nitrogen and oxygen atoms in total. The second kappa shape index (κ2) is 8.28. The van der Waals surface area contributed by atoms with E-state index in [4.69, 9.17) is 9.47 Å². The van der Waals surface area contributed by atoms with Crippen molar-refractivity contribution in [2.45, 2.75) is 26.4 Å². The van der Waals surface area contributed by atoms with E-state index in [1.54, 1.807) is 11.3 Å². The minimum Gasteiger partial charge on any atom is -0.379 e. The SMILES string of the molecule is CCCCOCCOCc1sccc1Br. The highest BCUT2D eigenvalue weighted by Crippen LogP contribution is 2.23. The zero-order valence-corrected chi connectivity index (χ0v) is 11.4. The molecule has 0 aliphatic carbocycles. The lowest BCUT2D eigenvalue weighted by Crippen LogP contribution is -2.04. The first-order chi connectivity index (χ1) is 7.34. The maximum Gasteiger partial charge on any atom is 0.0821 e.